The van der Waals surface area contributed by atoms with Gasteiger partial charge in [0.05, 0.1) is 23.5 Å². The van der Waals surface area contributed by atoms with Gasteiger partial charge < -0.3 is 40.8 Å². The summed E-state index contributed by atoms with van der Waals surface area (Å²) in [5, 5.41) is 15.8. The number of nitrogens with one attached hydrogen (secondary N) is 2. The van der Waals surface area contributed by atoms with E-state index in [1.54, 1.807) is 37.3 Å². The summed E-state index contributed by atoms with van der Waals surface area (Å²) in [6.45, 7) is 23.3. The van der Waals surface area contributed by atoms with Crippen LogP contribution in [0.25, 0.3) is 33.3 Å². The number of hydrogen-bond acceptors (Lipinski definition) is 12. The lowest BCUT2D eigenvalue weighted by Crippen LogP contribution is -2.51. The predicted octanol–water partition coefficient (Wildman–Crippen LogP) is 10.1. The molecule has 1 aliphatic carbocycles. The molecule has 2 aromatic heterocycles. The summed E-state index contributed by atoms with van der Waals surface area (Å²) in [6.07, 6.45) is 23.1. The smallest absolute Gasteiger partial charge is 0.243 e. The van der Waals surface area contributed by atoms with Gasteiger partial charge in [-0.05, 0) is 162 Å². The molecule has 3 atom stereocenters. The molecule has 388 valence electrons. The number of phenolic OH excluding ortho intramolecular Hbond substituents is 1. The van der Waals surface area contributed by atoms with Gasteiger partial charge in [-0.2, -0.15) is 24.4 Å². The molecule has 0 bridgehead atoms. The second-order valence-electron chi connectivity index (χ2n) is 18.0. The summed E-state index contributed by atoms with van der Waals surface area (Å²) in [5.41, 5.74) is 22.4. The highest BCUT2D eigenvalue weighted by atomic mass is 32.2. The number of thioether (sulfide) groups is 1. The van der Waals surface area contributed by atoms with E-state index in [1.807, 2.05) is 43.6 Å². The van der Waals surface area contributed by atoms with Crippen LogP contribution < -0.4 is 28.1 Å². The van der Waals surface area contributed by atoms with Crippen LogP contribution in [0.1, 0.15) is 96.6 Å². The number of aryl methyl sites for hydroxylation is 1. The minimum absolute atomic E-state index is 0.0331. The normalized spacial score (nSPS) is 12.8. The van der Waals surface area contributed by atoms with E-state index in [0.29, 0.717) is 26.0 Å². The third kappa shape index (κ3) is 17.8. The molecular weight excluding hydrogens is 913 g/mol. The number of nitrogens with zero attached hydrogens (tertiary/aromatic N) is 3. The largest absolute Gasteiger partial charge is 0.508 e. The SMILES string of the molecule is C#COCC(C)(C)Cc1c(-c2cccnc2C(C)OC)n(CC)c2ccc(-c3cc(O)cc(CC(NC(=O)C(C(C)C)N(C)C(=C)C4=CCC4)C(=C)CCCCNN)c3)cc12.CN.CN.CS.CSC. The van der Waals surface area contributed by atoms with E-state index in [2.05, 4.69) is 130 Å². The zero-order valence-electron chi connectivity index (χ0n) is 44.7. The fraction of sp³-hybridized carbons (Fsp3) is 0.500. The van der Waals surface area contributed by atoms with Crippen LogP contribution in [0.3, 0.4) is 0 Å². The van der Waals surface area contributed by atoms with Crippen molar-refractivity contribution >= 4 is 41.2 Å². The molecule has 1 aliphatic rings. The van der Waals surface area contributed by atoms with Crippen LogP contribution in [-0.4, -0.2) is 97.7 Å². The maximum Gasteiger partial charge on any atom is 0.243 e. The van der Waals surface area contributed by atoms with Crippen molar-refractivity contribution in [3.8, 4) is 40.7 Å². The lowest BCUT2D eigenvalue weighted by atomic mass is 9.84. The number of aromatic hydroxyl groups is 1. The Labute approximate surface area is 432 Å². The predicted molar refractivity (Wildman–Crippen MR) is 304 cm³/mol. The van der Waals surface area contributed by atoms with E-state index in [0.717, 1.165) is 100 Å². The van der Waals surface area contributed by atoms with E-state index >= 15 is 0 Å². The van der Waals surface area contributed by atoms with E-state index < -0.39 is 6.04 Å². The third-order valence-electron chi connectivity index (χ3n) is 12.1. The Kier molecular flexibility index (Phi) is 29.9. The zero-order chi connectivity index (χ0) is 53.1. The minimum Gasteiger partial charge on any atom is -0.508 e. The highest BCUT2D eigenvalue weighted by molar-refractivity contribution is 7.97. The lowest BCUT2D eigenvalue weighted by molar-refractivity contribution is -0.127. The van der Waals surface area contributed by atoms with Gasteiger partial charge in [-0.3, -0.25) is 21.0 Å². The molecule has 0 aliphatic heterocycles. The summed E-state index contributed by atoms with van der Waals surface area (Å²) in [6, 6.07) is 15.5. The number of pyridine rings is 1. The van der Waals surface area contributed by atoms with Crippen LogP contribution in [0.5, 0.6) is 5.75 Å². The molecule has 12 nitrogen and oxygen atoms in total. The Balaban J connectivity index is 0.00000255. The fourth-order valence-corrected chi connectivity index (χ4v) is 8.61. The number of allylic oxidation sites excluding steroid dienone is 2. The number of amides is 1. The monoisotopic (exact) mass is 1000 g/mol. The molecule has 0 spiro atoms. The van der Waals surface area contributed by atoms with Crippen LogP contribution in [0.2, 0.25) is 0 Å². The first-order valence-electron chi connectivity index (χ1n) is 24.1. The van der Waals surface area contributed by atoms with Gasteiger partial charge in [0.2, 0.25) is 5.91 Å². The minimum atomic E-state index is -0.421. The molecule has 0 fully saturated rings. The van der Waals surface area contributed by atoms with E-state index in [1.165, 1.54) is 19.7 Å². The molecular formula is C56H88N8O4S2. The van der Waals surface area contributed by atoms with Gasteiger partial charge in [-0.15, -0.1) is 0 Å². The van der Waals surface area contributed by atoms with Crippen LogP contribution in [-0.2, 0) is 33.7 Å². The van der Waals surface area contributed by atoms with Crippen molar-refractivity contribution in [2.45, 2.75) is 111 Å². The molecule has 1 amide bonds. The van der Waals surface area contributed by atoms with E-state index in [9.17, 15) is 9.90 Å². The van der Waals surface area contributed by atoms with Gasteiger partial charge in [0, 0.05) is 61.0 Å². The number of benzene rings is 2. The summed E-state index contributed by atoms with van der Waals surface area (Å²) >= 11 is 5.28. The number of terminal acetylenes is 1. The van der Waals surface area contributed by atoms with Crippen LogP contribution in [0.4, 0.5) is 0 Å². The molecule has 9 N–H and O–H groups in total. The number of likely N-dealkylation sites (N-methyl/N-ethyl adjacent to an activating group) is 1. The Morgan fingerprint density at radius 3 is 2.29 bits per heavy atom. The molecule has 0 saturated heterocycles. The molecule has 3 unspecified atom stereocenters. The molecule has 14 heteroatoms. The van der Waals surface area contributed by atoms with Crippen molar-refractivity contribution in [1.29, 1.82) is 0 Å². The number of phenols is 1. The summed E-state index contributed by atoms with van der Waals surface area (Å²) in [7, 11) is 6.66. The number of hydrazine groups is 1. The molecule has 0 saturated carbocycles. The highest BCUT2D eigenvalue weighted by Crippen LogP contribution is 2.42. The number of hydrogen-bond donors (Lipinski definition) is 7. The number of thiol groups is 1. The summed E-state index contributed by atoms with van der Waals surface area (Å²) < 4.78 is 13.7. The number of aromatic nitrogens is 2. The van der Waals surface area contributed by atoms with Crippen molar-refractivity contribution < 1.29 is 19.4 Å². The number of rotatable bonds is 23. The molecule has 70 heavy (non-hydrogen) atoms. The van der Waals surface area contributed by atoms with Gasteiger partial charge in [0.15, 0.2) is 0 Å². The van der Waals surface area contributed by atoms with E-state index in [-0.39, 0.29) is 35.1 Å². The van der Waals surface area contributed by atoms with Gasteiger partial charge in [0.1, 0.15) is 24.5 Å². The van der Waals surface area contributed by atoms with Crippen LogP contribution in [0.15, 0.2) is 90.8 Å². The third-order valence-corrected chi connectivity index (χ3v) is 12.1. The lowest BCUT2D eigenvalue weighted by Gasteiger charge is -2.36. The van der Waals surface area contributed by atoms with Gasteiger partial charge in [-0.1, -0.05) is 71.1 Å². The number of nitrogens with two attached hydrogens (primary N) is 3. The number of methoxy groups -OCH3 is 1. The second kappa shape index (κ2) is 33.0. The zero-order valence-corrected chi connectivity index (χ0v) is 46.5. The number of unbranched alkanes of at least 4 members (excludes halogenated alkanes) is 1. The highest BCUT2D eigenvalue weighted by Gasteiger charge is 2.32. The number of carbonyl (C=O) groups excluding carboxylic acids is 1. The van der Waals surface area contributed by atoms with Gasteiger partial charge >= 0.3 is 0 Å². The van der Waals surface area contributed by atoms with Crippen molar-refractivity contribution in [2.24, 2.45) is 28.6 Å². The van der Waals surface area contributed by atoms with Crippen molar-refractivity contribution in [1.82, 2.24) is 25.2 Å². The first-order valence-corrected chi connectivity index (χ1v) is 26.7. The topological polar surface area (TPSA) is 179 Å². The quantitative estimate of drug-likeness (QED) is 0.00940. The first-order chi connectivity index (χ1) is 33.6. The molecule has 0 radical (unpaired) electrons. The first kappa shape index (κ1) is 63.3. The number of ether oxygens (including phenoxy) is 2. The maximum atomic E-state index is 14.3. The number of fused-ring (bicyclic) bond motifs is 1. The van der Waals surface area contributed by atoms with Crippen LogP contribution in [0, 0.1) is 23.9 Å². The molecule has 4 aromatic rings. The van der Waals surface area contributed by atoms with Crippen molar-refractivity contribution in [3.63, 3.8) is 0 Å². The van der Waals surface area contributed by atoms with Gasteiger partial charge in [-0.25, -0.2) is 0 Å². The van der Waals surface area contributed by atoms with Crippen molar-refractivity contribution in [2.75, 3.05) is 60.2 Å². The Morgan fingerprint density at radius 1 is 1.07 bits per heavy atom. The second-order valence-corrected chi connectivity index (χ2v) is 18.8. The molecule has 5 rings (SSSR count). The Morgan fingerprint density at radius 2 is 1.73 bits per heavy atom. The number of carbonyl (C=O) groups is 1. The molecule has 2 heterocycles. The van der Waals surface area contributed by atoms with Gasteiger partial charge in [0.25, 0.3) is 0 Å². The van der Waals surface area contributed by atoms with Crippen molar-refractivity contribution in [3.05, 3.63) is 108 Å². The Hall–Kier alpha value is -4.72. The fourth-order valence-electron chi connectivity index (χ4n) is 8.61. The van der Waals surface area contributed by atoms with E-state index in [4.69, 9.17) is 26.7 Å². The Bertz CT molecular complexity index is 2300. The van der Waals surface area contributed by atoms with Crippen LogP contribution >= 0.6 is 24.4 Å². The summed E-state index contributed by atoms with van der Waals surface area (Å²) in [5.74, 6) is 5.67. The molecule has 2 aromatic carbocycles. The standard InChI is InChI=1S/C51H68N6O4.C2H6S.2CH5N.CH4S/c1-12-57-46-23-22-39(30-43(46)44(31-51(8,9)32-61-13-2)49(57)42-21-17-24-53-47(42)36(7)60-11)40-26-37(27-41(58)29-40)28-45(34(5)18-14-15-25-54-52)55-50(59)48(33(3)4)56(10)35(6)38-19-16-20-38;1-3-2;3*1-2/h2,17,19,21-24,26-27,29-30,33,36,45,48,54,58H,5-6,12,14-16,18,20,25,28,31-32,52H2,1,3-4,7-11H3,(H,55,59);1-2H3;2*2H2,1H3;2H,1H3. The maximum absolute atomic E-state index is 14.3. The average molecular weight is 1000 g/mol. The summed E-state index contributed by atoms with van der Waals surface area (Å²) in [4.78, 5) is 21.1. The average Bonchev–Trinajstić information content (AvgIpc) is 3.64.